The van der Waals surface area contributed by atoms with Crippen LogP contribution in [0.3, 0.4) is 0 Å². The predicted octanol–water partition coefficient (Wildman–Crippen LogP) is 1.06. The number of benzene rings is 2. The number of amides is 2. The third kappa shape index (κ3) is 4.64. The van der Waals surface area contributed by atoms with Gasteiger partial charge >= 0.3 is 0 Å². The molecule has 3 unspecified atom stereocenters. The minimum Gasteiger partial charge on any atom is -0.496 e. The van der Waals surface area contributed by atoms with Gasteiger partial charge in [0.05, 0.1) is 30.4 Å². The fraction of sp³-hybridized carbons (Fsp3) is 0.333. The first-order chi connectivity index (χ1) is 15.9. The van der Waals surface area contributed by atoms with Crippen LogP contribution in [0, 0.1) is 0 Å². The lowest BCUT2D eigenvalue weighted by atomic mass is 9.98. The van der Waals surface area contributed by atoms with Crippen LogP contribution in [0.2, 0.25) is 0 Å². The lowest BCUT2D eigenvalue weighted by Crippen LogP contribution is -2.42. The zero-order valence-electron chi connectivity index (χ0n) is 18.5. The number of carbonyl (C=O) groups is 2. The van der Waals surface area contributed by atoms with Crippen molar-refractivity contribution in [2.45, 2.75) is 44.0 Å². The molecule has 2 aromatic carbocycles. The van der Waals surface area contributed by atoms with E-state index < -0.39 is 11.9 Å². The number of para-hydroxylation sites is 1. The number of aliphatic hydroxyl groups excluding tert-OH is 1. The smallest absolute Gasteiger partial charge is 0.255 e. The van der Waals surface area contributed by atoms with Crippen molar-refractivity contribution < 1.29 is 19.4 Å². The highest BCUT2D eigenvalue weighted by atomic mass is 16.5. The van der Waals surface area contributed by atoms with Crippen LogP contribution < -0.4 is 26.9 Å². The number of hydrogen-bond acceptors (Lipinski definition) is 7. The van der Waals surface area contributed by atoms with Crippen molar-refractivity contribution in [1.29, 1.82) is 0 Å². The van der Waals surface area contributed by atoms with Gasteiger partial charge in [0, 0.05) is 12.6 Å². The number of hydrogen-bond donors (Lipinski definition) is 5. The lowest BCUT2D eigenvalue weighted by molar-refractivity contribution is -0.114. The molecule has 4 rings (SSSR count). The highest BCUT2D eigenvalue weighted by Gasteiger charge is 2.39. The van der Waals surface area contributed by atoms with Crippen LogP contribution in [0.25, 0.3) is 0 Å². The molecule has 0 saturated heterocycles. The number of methoxy groups -OCH3 is 1. The molecule has 1 aliphatic carbocycles. The Balaban J connectivity index is 1.45. The Labute approximate surface area is 192 Å². The zero-order valence-corrected chi connectivity index (χ0v) is 18.5. The van der Waals surface area contributed by atoms with Crippen LogP contribution in [0.15, 0.2) is 59.9 Å². The summed E-state index contributed by atoms with van der Waals surface area (Å²) in [5, 5.41) is 14.5. The molecular formula is C24H29N5O4. The van der Waals surface area contributed by atoms with Gasteiger partial charge in [-0.2, -0.15) is 0 Å². The van der Waals surface area contributed by atoms with Crippen molar-refractivity contribution in [3.8, 4) is 5.75 Å². The molecule has 1 saturated carbocycles. The lowest BCUT2D eigenvalue weighted by Gasteiger charge is -2.28. The van der Waals surface area contributed by atoms with E-state index in [1.165, 1.54) is 7.11 Å². The summed E-state index contributed by atoms with van der Waals surface area (Å²) in [4.78, 5) is 24.7. The molecule has 174 valence electrons. The van der Waals surface area contributed by atoms with E-state index in [9.17, 15) is 14.7 Å². The van der Waals surface area contributed by atoms with Gasteiger partial charge in [-0.05, 0) is 42.5 Å². The maximum atomic E-state index is 12.5. The molecule has 0 spiro atoms. The van der Waals surface area contributed by atoms with Gasteiger partial charge in [0.15, 0.2) is 0 Å². The molecule has 3 atom stereocenters. The fourth-order valence-corrected chi connectivity index (χ4v) is 4.47. The molecule has 2 amide bonds. The summed E-state index contributed by atoms with van der Waals surface area (Å²) < 4.78 is 5.24. The van der Waals surface area contributed by atoms with Gasteiger partial charge in [-0.25, -0.2) is 5.43 Å². The molecule has 2 aromatic rings. The highest BCUT2D eigenvalue weighted by Crippen LogP contribution is 2.35. The average Bonchev–Trinajstić information content (AvgIpc) is 3.40. The monoisotopic (exact) mass is 451 g/mol. The summed E-state index contributed by atoms with van der Waals surface area (Å²) in [6.07, 6.45) is 1.68. The van der Waals surface area contributed by atoms with Crippen LogP contribution in [-0.4, -0.2) is 41.2 Å². The molecule has 0 radical (unpaired) electrons. The van der Waals surface area contributed by atoms with Gasteiger partial charge in [-0.1, -0.05) is 36.4 Å². The molecule has 0 bridgehead atoms. The van der Waals surface area contributed by atoms with Crippen molar-refractivity contribution >= 4 is 11.8 Å². The van der Waals surface area contributed by atoms with E-state index >= 15 is 0 Å². The van der Waals surface area contributed by atoms with Crippen LogP contribution in [-0.2, 0) is 11.3 Å². The van der Waals surface area contributed by atoms with E-state index in [-0.39, 0.29) is 18.1 Å². The average molecular weight is 452 g/mol. The molecule has 9 nitrogen and oxygen atoms in total. The number of rotatable bonds is 7. The molecule has 33 heavy (non-hydrogen) atoms. The van der Waals surface area contributed by atoms with E-state index in [4.69, 9.17) is 16.2 Å². The fourth-order valence-electron chi connectivity index (χ4n) is 4.47. The first kappa shape index (κ1) is 22.6. The van der Waals surface area contributed by atoms with Gasteiger partial charge < -0.3 is 26.6 Å². The quantitative estimate of drug-likeness (QED) is 0.423. The third-order valence-electron chi connectivity index (χ3n) is 6.22. The van der Waals surface area contributed by atoms with E-state index in [0.29, 0.717) is 42.1 Å². The molecular weight excluding hydrogens is 422 g/mol. The number of carbonyl (C=O) groups excluding carboxylic acids is 2. The van der Waals surface area contributed by atoms with E-state index in [2.05, 4.69) is 10.7 Å². The molecule has 1 aliphatic heterocycles. The predicted molar refractivity (Wildman–Crippen MR) is 122 cm³/mol. The Morgan fingerprint density at radius 1 is 1.18 bits per heavy atom. The summed E-state index contributed by atoms with van der Waals surface area (Å²) in [5.74, 6) is 0.00870. The summed E-state index contributed by atoms with van der Waals surface area (Å²) in [6, 6.07) is 14.1. The van der Waals surface area contributed by atoms with Crippen LogP contribution in [0.1, 0.15) is 46.8 Å². The number of nitrogens with one attached hydrogen (secondary N) is 2. The maximum Gasteiger partial charge on any atom is 0.255 e. The van der Waals surface area contributed by atoms with E-state index in [0.717, 1.165) is 17.5 Å². The third-order valence-corrected chi connectivity index (χ3v) is 6.22. The number of nitrogens with two attached hydrogens (primary N) is 2. The normalized spacial score (nSPS) is 22.5. The van der Waals surface area contributed by atoms with E-state index in [1.807, 2.05) is 30.3 Å². The van der Waals surface area contributed by atoms with Gasteiger partial charge in [0.1, 0.15) is 11.6 Å². The van der Waals surface area contributed by atoms with Gasteiger partial charge in [-0.3, -0.25) is 14.6 Å². The van der Waals surface area contributed by atoms with Crippen molar-refractivity contribution in [2.75, 3.05) is 7.11 Å². The molecule has 0 aromatic heterocycles. The molecule has 1 fully saturated rings. The van der Waals surface area contributed by atoms with Gasteiger partial charge in [0.25, 0.3) is 5.91 Å². The molecule has 9 heteroatoms. The van der Waals surface area contributed by atoms with E-state index in [1.54, 1.807) is 23.2 Å². The molecule has 2 aliphatic rings. The van der Waals surface area contributed by atoms with Crippen molar-refractivity contribution in [3.63, 3.8) is 0 Å². The van der Waals surface area contributed by atoms with Crippen molar-refractivity contribution in [1.82, 2.24) is 15.8 Å². The number of nitrogens with zero attached hydrogens (tertiary/aromatic N) is 1. The number of ether oxygens (including phenoxy) is 1. The second kappa shape index (κ2) is 9.51. The Kier molecular flexibility index (Phi) is 6.52. The highest BCUT2D eigenvalue weighted by molar-refractivity contribution is 5.97. The van der Waals surface area contributed by atoms with Crippen molar-refractivity contribution in [2.24, 2.45) is 11.5 Å². The minimum atomic E-state index is -0.584. The summed E-state index contributed by atoms with van der Waals surface area (Å²) in [5.41, 5.74) is 17.7. The number of primary amides is 1. The zero-order chi connectivity index (χ0) is 23.5. The van der Waals surface area contributed by atoms with Gasteiger partial charge in [-0.15, -0.1) is 0 Å². The SMILES string of the molecule is COc1ccccc1C(=O)NCc1ccc(C2NN(C3CCC(O)C3)C(N)=C2C(N)=O)cc1. The van der Waals surface area contributed by atoms with Crippen molar-refractivity contribution in [3.05, 3.63) is 76.6 Å². The Morgan fingerprint density at radius 2 is 1.91 bits per heavy atom. The summed E-state index contributed by atoms with van der Waals surface area (Å²) >= 11 is 0. The number of aliphatic hydroxyl groups is 1. The first-order valence-corrected chi connectivity index (χ1v) is 10.9. The van der Waals surface area contributed by atoms with Crippen LogP contribution >= 0.6 is 0 Å². The summed E-state index contributed by atoms with van der Waals surface area (Å²) in [6.45, 7) is 0.335. The minimum absolute atomic E-state index is 0.00353. The standard InChI is InChI=1S/C24H29N5O4/c1-33-19-5-3-2-4-18(19)24(32)27-13-14-6-8-15(9-7-14)21-20(23(26)31)22(25)29(28-21)16-10-11-17(30)12-16/h2-9,16-17,21,28,30H,10-13,25H2,1H3,(H2,26,31)(H,27,32). The van der Waals surface area contributed by atoms with Gasteiger partial charge in [0.2, 0.25) is 5.91 Å². The summed E-state index contributed by atoms with van der Waals surface area (Å²) in [7, 11) is 1.53. The largest absolute Gasteiger partial charge is 0.496 e. The second-order valence-electron chi connectivity index (χ2n) is 8.34. The Bertz CT molecular complexity index is 1070. The molecule has 1 heterocycles. The first-order valence-electron chi connectivity index (χ1n) is 10.9. The molecule has 7 N–H and O–H groups in total. The van der Waals surface area contributed by atoms with Crippen LogP contribution in [0.5, 0.6) is 5.75 Å². The maximum absolute atomic E-state index is 12.5. The second-order valence-corrected chi connectivity index (χ2v) is 8.34. The topological polar surface area (TPSA) is 143 Å². The Morgan fingerprint density at radius 3 is 2.55 bits per heavy atom. The van der Waals surface area contributed by atoms with Crippen LogP contribution in [0.4, 0.5) is 0 Å². The number of hydrazine groups is 1. The Hall–Kier alpha value is -3.56.